The zero-order chi connectivity index (χ0) is 22.7. The van der Waals surface area contributed by atoms with E-state index in [2.05, 4.69) is 106 Å². The molecule has 0 radical (unpaired) electrons. The Morgan fingerprint density at radius 1 is 0.382 bits per heavy atom. The molecule has 2 heterocycles. The first-order chi connectivity index (χ1) is 16.9. The first-order valence-corrected chi connectivity index (χ1v) is 12.0. The molecule has 0 bridgehead atoms. The fraction of sp³-hybridized carbons (Fsp3) is 0.200. The van der Waals surface area contributed by atoms with Crippen LogP contribution in [0.15, 0.2) is 97.1 Å². The van der Waals surface area contributed by atoms with E-state index < -0.39 is 0 Å². The monoisotopic (exact) mass is 448 g/mol. The highest BCUT2D eigenvalue weighted by molar-refractivity contribution is 6.08. The lowest BCUT2D eigenvalue weighted by molar-refractivity contribution is 0.0431. The number of ether oxygens (including phenoxy) is 2. The highest BCUT2D eigenvalue weighted by Gasteiger charge is 2.10. The Kier molecular flexibility index (Phi) is 5.76. The predicted octanol–water partition coefficient (Wildman–Crippen LogP) is 6.64. The molecule has 0 fully saturated rings. The van der Waals surface area contributed by atoms with Crippen molar-refractivity contribution in [1.82, 2.24) is 9.13 Å². The van der Waals surface area contributed by atoms with Gasteiger partial charge in [0.2, 0.25) is 0 Å². The van der Waals surface area contributed by atoms with Crippen LogP contribution in [0.5, 0.6) is 0 Å². The number of benzene rings is 4. The molecule has 0 aliphatic rings. The third kappa shape index (κ3) is 3.75. The van der Waals surface area contributed by atoms with Crippen molar-refractivity contribution in [3.8, 4) is 0 Å². The van der Waals surface area contributed by atoms with Crippen LogP contribution in [0.3, 0.4) is 0 Å². The van der Waals surface area contributed by atoms with Crippen LogP contribution in [0.1, 0.15) is 0 Å². The van der Waals surface area contributed by atoms with Crippen molar-refractivity contribution < 1.29 is 9.47 Å². The smallest absolute Gasteiger partial charge is 0.0701 e. The fourth-order valence-corrected chi connectivity index (χ4v) is 5.12. The lowest BCUT2D eigenvalue weighted by Crippen LogP contribution is -2.12. The van der Waals surface area contributed by atoms with Crippen LogP contribution >= 0.6 is 0 Å². The predicted molar refractivity (Wildman–Crippen MR) is 141 cm³/mol. The van der Waals surface area contributed by atoms with Gasteiger partial charge in [0.25, 0.3) is 0 Å². The fourth-order valence-electron chi connectivity index (χ4n) is 5.12. The molecule has 0 aliphatic heterocycles. The third-order valence-electron chi connectivity index (χ3n) is 6.65. The summed E-state index contributed by atoms with van der Waals surface area (Å²) in [5.74, 6) is 0. The van der Waals surface area contributed by atoms with Gasteiger partial charge in [-0.15, -0.1) is 0 Å². The summed E-state index contributed by atoms with van der Waals surface area (Å²) in [6, 6.07) is 34.3. The summed E-state index contributed by atoms with van der Waals surface area (Å²) in [6.07, 6.45) is 0. The van der Waals surface area contributed by atoms with Crippen molar-refractivity contribution in [2.45, 2.75) is 13.1 Å². The second-order valence-electron chi connectivity index (χ2n) is 8.60. The van der Waals surface area contributed by atoms with Crippen molar-refractivity contribution in [3.63, 3.8) is 0 Å². The number of hydrogen-bond donors (Lipinski definition) is 0. The van der Waals surface area contributed by atoms with Crippen LogP contribution in [0.25, 0.3) is 43.6 Å². The van der Waals surface area contributed by atoms with E-state index in [1.54, 1.807) is 0 Å². The van der Waals surface area contributed by atoms with Crippen LogP contribution in [0.2, 0.25) is 0 Å². The van der Waals surface area contributed by atoms with Gasteiger partial charge >= 0.3 is 0 Å². The molecule has 0 saturated heterocycles. The van der Waals surface area contributed by atoms with Gasteiger partial charge in [-0.2, -0.15) is 0 Å². The molecule has 6 rings (SSSR count). The molecule has 0 atom stereocenters. The van der Waals surface area contributed by atoms with Gasteiger partial charge in [0.15, 0.2) is 0 Å². The molecule has 34 heavy (non-hydrogen) atoms. The molecule has 0 aliphatic carbocycles. The number of nitrogens with zero attached hydrogens (tertiary/aromatic N) is 2. The summed E-state index contributed by atoms with van der Waals surface area (Å²) in [5.41, 5.74) is 5.04. The van der Waals surface area contributed by atoms with E-state index in [-0.39, 0.29) is 0 Å². The molecule has 4 heteroatoms. The molecule has 4 nitrogen and oxygen atoms in total. The summed E-state index contributed by atoms with van der Waals surface area (Å²) < 4.78 is 16.6. The molecule has 0 saturated carbocycles. The number of hydrogen-bond acceptors (Lipinski definition) is 2. The summed E-state index contributed by atoms with van der Waals surface area (Å²) in [5, 5.41) is 5.19. The van der Waals surface area contributed by atoms with Gasteiger partial charge in [-0.1, -0.05) is 72.8 Å². The van der Waals surface area contributed by atoms with E-state index in [4.69, 9.17) is 9.47 Å². The van der Waals surface area contributed by atoms with Crippen LogP contribution < -0.4 is 0 Å². The Balaban J connectivity index is 1.02. The second-order valence-corrected chi connectivity index (χ2v) is 8.60. The highest BCUT2D eigenvalue weighted by atomic mass is 16.5. The van der Waals surface area contributed by atoms with Crippen molar-refractivity contribution in [1.29, 1.82) is 0 Å². The van der Waals surface area contributed by atoms with E-state index in [9.17, 15) is 0 Å². The summed E-state index contributed by atoms with van der Waals surface area (Å²) in [6.45, 7) is 4.19. The Hall–Kier alpha value is -3.60. The van der Waals surface area contributed by atoms with Crippen LogP contribution in [-0.2, 0) is 22.6 Å². The molecule has 0 N–H and O–H groups in total. The Morgan fingerprint density at radius 3 is 1.00 bits per heavy atom. The maximum Gasteiger partial charge on any atom is 0.0701 e. The number of aromatic nitrogens is 2. The van der Waals surface area contributed by atoms with Crippen molar-refractivity contribution in [2.75, 3.05) is 26.4 Å². The minimum atomic E-state index is 0.601. The van der Waals surface area contributed by atoms with E-state index in [0.29, 0.717) is 26.4 Å². The standard InChI is InChI=1S/C30H28N2O2/c1-5-13-27-23(9-1)24-10-2-6-14-28(24)31(27)17-19-33-21-22-34-20-18-32-29-15-7-3-11-25(29)26-12-4-8-16-30(26)32/h1-16H,17-22H2. The first kappa shape index (κ1) is 21.0. The Labute approximate surface area is 198 Å². The third-order valence-corrected chi connectivity index (χ3v) is 6.65. The molecule has 4 aromatic carbocycles. The van der Waals surface area contributed by atoms with Gasteiger partial charge in [0.05, 0.1) is 26.4 Å². The maximum absolute atomic E-state index is 5.93. The maximum atomic E-state index is 5.93. The molecule has 0 unspecified atom stereocenters. The average molecular weight is 449 g/mol. The molecule has 0 spiro atoms. The minimum Gasteiger partial charge on any atom is -0.377 e. The van der Waals surface area contributed by atoms with Crippen molar-refractivity contribution in [2.24, 2.45) is 0 Å². The largest absolute Gasteiger partial charge is 0.377 e. The van der Waals surface area contributed by atoms with Gasteiger partial charge in [-0.05, 0) is 24.3 Å². The van der Waals surface area contributed by atoms with Crippen LogP contribution in [-0.4, -0.2) is 35.6 Å². The molecular weight excluding hydrogens is 420 g/mol. The lowest BCUT2D eigenvalue weighted by atomic mass is 10.2. The topological polar surface area (TPSA) is 28.3 Å². The van der Waals surface area contributed by atoms with Gasteiger partial charge in [-0.25, -0.2) is 0 Å². The van der Waals surface area contributed by atoms with E-state index in [0.717, 1.165) is 13.1 Å². The molecular formula is C30H28N2O2. The number of para-hydroxylation sites is 4. The van der Waals surface area contributed by atoms with Gasteiger partial charge in [-0.3, -0.25) is 0 Å². The number of rotatable bonds is 9. The molecule has 170 valence electrons. The molecule has 2 aromatic heterocycles. The zero-order valence-corrected chi connectivity index (χ0v) is 19.2. The Morgan fingerprint density at radius 2 is 0.676 bits per heavy atom. The molecule has 0 amide bonds. The quantitative estimate of drug-likeness (QED) is 0.232. The van der Waals surface area contributed by atoms with Crippen LogP contribution in [0, 0.1) is 0 Å². The highest BCUT2D eigenvalue weighted by Crippen LogP contribution is 2.29. The Bertz CT molecular complexity index is 1350. The number of fused-ring (bicyclic) bond motifs is 6. The van der Waals surface area contributed by atoms with Crippen LogP contribution in [0.4, 0.5) is 0 Å². The SMILES string of the molecule is c1ccc2c(c1)c1ccccc1n2CCOCCOCCn1c2ccccc2c2ccccc21. The molecule has 6 aromatic rings. The summed E-state index contributed by atoms with van der Waals surface area (Å²) in [7, 11) is 0. The zero-order valence-electron chi connectivity index (χ0n) is 19.2. The van der Waals surface area contributed by atoms with E-state index >= 15 is 0 Å². The first-order valence-electron chi connectivity index (χ1n) is 12.0. The summed E-state index contributed by atoms with van der Waals surface area (Å²) in [4.78, 5) is 0. The van der Waals surface area contributed by atoms with Crippen molar-refractivity contribution >= 4 is 43.6 Å². The van der Waals surface area contributed by atoms with Gasteiger partial charge in [0.1, 0.15) is 0 Å². The summed E-state index contributed by atoms with van der Waals surface area (Å²) >= 11 is 0. The lowest BCUT2D eigenvalue weighted by Gasteiger charge is -2.10. The normalized spacial score (nSPS) is 11.9. The van der Waals surface area contributed by atoms with E-state index in [1.165, 1.54) is 43.6 Å². The van der Waals surface area contributed by atoms with Crippen molar-refractivity contribution in [3.05, 3.63) is 97.1 Å². The van der Waals surface area contributed by atoms with Gasteiger partial charge in [0, 0.05) is 56.7 Å². The van der Waals surface area contributed by atoms with Gasteiger partial charge < -0.3 is 18.6 Å². The minimum absolute atomic E-state index is 0.601. The average Bonchev–Trinajstić information content (AvgIpc) is 3.39. The van der Waals surface area contributed by atoms with E-state index in [1.807, 2.05) is 0 Å². The second kappa shape index (κ2) is 9.34.